The lowest BCUT2D eigenvalue weighted by Gasteiger charge is -2.37. The van der Waals surface area contributed by atoms with Crippen LogP contribution in [0.1, 0.15) is 13.3 Å². The van der Waals surface area contributed by atoms with Gasteiger partial charge in [-0.15, -0.1) is 0 Å². The average molecular weight is 319 g/mol. The van der Waals surface area contributed by atoms with E-state index in [1.807, 2.05) is 11.0 Å². The van der Waals surface area contributed by atoms with Crippen LogP contribution in [0.2, 0.25) is 0 Å². The summed E-state index contributed by atoms with van der Waals surface area (Å²) in [5.74, 6) is 0.468. The van der Waals surface area contributed by atoms with E-state index in [2.05, 4.69) is 33.7 Å². The van der Waals surface area contributed by atoms with Crippen molar-refractivity contribution in [3.8, 4) is 0 Å². The van der Waals surface area contributed by atoms with Crippen LogP contribution in [0, 0.1) is 0 Å². The first kappa shape index (κ1) is 18.6. The maximum atomic E-state index is 11.2. The Bertz CT molecular complexity index is 503. The molecular weight excluding hydrogens is 294 g/mol. The summed E-state index contributed by atoms with van der Waals surface area (Å²) in [6.45, 7) is 9.01. The van der Waals surface area contributed by atoms with Crippen molar-refractivity contribution in [2.75, 3.05) is 39.8 Å². The lowest BCUT2D eigenvalue weighted by Crippen LogP contribution is -2.51. The van der Waals surface area contributed by atoms with Gasteiger partial charge in [-0.3, -0.25) is 24.9 Å². The standard InChI is InChI=1S/C16H25N5O2/c1-4-15(23)6-8-18-16(19-13-22)21-11-9-20(10-12-21)14(2)5-7-17-3/h4-5,7,13H,1,6,8-12H2,2-3H3,(H,18,19,22)/b14-5+,17-7?. The van der Waals surface area contributed by atoms with Gasteiger partial charge in [0.1, 0.15) is 0 Å². The number of carbonyl (C=O) groups is 2. The number of nitrogens with zero attached hydrogens (tertiary/aromatic N) is 4. The van der Waals surface area contributed by atoms with Crippen LogP contribution in [0.5, 0.6) is 0 Å². The number of guanidine groups is 1. The van der Waals surface area contributed by atoms with E-state index in [9.17, 15) is 9.59 Å². The van der Waals surface area contributed by atoms with Crippen LogP contribution in [0.15, 0.2) is 34.4 Å². The highest BCUT2D eigenvalue weighted by Crippen LogP contribution is 2.09. The first-order valence-corrected chi connectivity index (χ1v) is 7.61. The molecule has 0 aromatic carbocycles. The molecule has 126 valence electrons. The number of aliphatic imine (C=N–C) groups is 2. The molecule has 7 heteroatoms. The van der Waals surface area contributed by atoms with Crippen LogP contribution < -0.4 is 5.32 Å². The second-order valence-electron chi connectivity index (χ2n) is 5.08. The van der Waals surface area contributed by atoms with Crippen molar-refractivity contribution in [2.45, 2.75) is 13.3 Å². The van der Waals surface area contributed by atoms with E-state index in [0.717, 1.165) is 31.9 Å². The third-order valence-corrected chi connectivity index (χ3v) is 3.58. The number of rotatable bonds is 7. The third-order valence-electron chi connectivity index (χ3n) is 3.58. The normalized spacial score (nSPS) is 16.6. The minimum atomic E-state index is -0.0534. The van der Waals surface area contributed by atoms with Gasteiger partial charge in [0.25, 0.3) is 0 Å². The maximum Gasteiger partial charge on any atom is 0.213 e. The number of amides is 1. The molecule has 0 aromatic heterocycles. The molecule has 0 spiro atoms. The number of piperazine rings is 1. The zero-order valence-electron chi connectivity index (χ0n) is 13.9. The monoisotopic (exact) mass is 319 g/mol. The smallest absolute Gasteiger partial charge is 0.213 e. The molecule has 0 unspecified atom stereocenters. The predicted molar refractivity (Wildman–Crippen MR) is 92.6 cm³/mol. The molecule has 1 aliphatic rings. The quantitative estimate of drug-likeness (QED) is 0.320. The van der Waals surface area contributed by atoms with Gasteiger partial charge in [0.05, 0.1) is 0 Å². The molecule has 0 bridgehead atoms. The first-order valence-electron chi connectivity index (χ1n) is 7.61. The van der Waals surface area contributed by atoms with E-state index < -0.39 is 0 Å². The molecule has 1 rings (SSSR count). The van der Waals surface area contributed by atoms with Crippen molar-refractivity contribution >= 4 is 24.4 Å². The van der Waals surface area contributed by atoms with Crippen molar-refractivity contribution in [3.63, 3.8) is 0 Å². The molecule has 0 aromatic rings. The van der Waals surface area contributed by atoms with Crippen LogP contribution in [0.4, 0.5) is 0 Å². The summed E-state index contributed by atoms with van der Waals surface area (Å²) < 4.78 is 0. The molecule has 1 aliphatic heterocycles. The fourth-order valence-corrected chi connectivity index (χ4v) is 2.22. The van der Waals surface area contributed by atoms with Gasteiger partial charge in [0.15, 0.2) is 5.78 Å². The second kappa shape index (κ2) is 10.3. The van der Waals surface area contributed by atoms with Crippen LogP contribution in [0.25, 0.3) is 0 Å². The summed E-state index contributed by atoms with van der Waals surface area (Å²) in [6, 6.07) is 0. The average Bonchev–Trinajstić information content (AvgIpc) is 2.58. The molecule has 0 atom stereocenters. The number of nitrogens with one attached hydrogen (secondary N) is 1. The van der Waals surface area contributed by atoms with Crippen molar-refractivity contribution in [1.29, 1.82) is 0 Å². The fourth-order valence-electron chi connectivity index (χ4n) is 2.22. The van der Waals surface area contributed by atoms with E-state index in [0.29, 0.717) is 25.3 Å². The topological polar surface area (TPSA) is 77.4 Å². The lowest BCUT2D eigenvalue weighted by atomic mass is 10.3. The summed E-state index contributed by atoms with van der Waals surface area (Å²) in [7, 11) is 1.74. The predicted octanol–water partition coefficient (Wildman–Crippen LogP) is 0.456. The van der Waals surface area contributed by atoms with E-state index in [1.54, 1.807) is 13.3 Å². The fraction of sp³-hybridized carbons (Fsp3) is 0.500. The molecule has 1 saturated heterocycles. The number of carbonyl (C=O) groups excluding carboxylic acids is 2. The molecule has 23 heavy (non-hydrogen) atoms. The zero-order chi connectivity index (χ0) is 17.1. The Labute approximate surface area is 137 Å². The molecule has 1 heterocycles. The number of hydrogen-bond acceptors (Lipinski definition) is 5. The molecule has 1 amide bonds. The van der Waals surface area contributed by atoms with Gasteiger partial charge in [-0.2, -0.15) is 0 Å². The molecule has 0 saturated carbocycles. The van der Waals surface area contributed by atoms with Crippen molar-refractivity contribution < 1.29 is 9.59 Å². The van der Waals surface area contributed by atoms with Crippen LogP contribution >= 0.6 is 0 Å². The van der Waals surface area contributed by atoms with Crippen LogP contribution in [0.3, 0.4) is 0 Å². The summed E-state index contributed by atoms with van der Waals surface area (Å²) in [5, 5.41) is 2.63. The highest BCUT2D eigenvalue weighted by atomic mass is 16.1. The Hall–Kier alpha value is -2.44. The Kier molecular flexibility index (Phi) is 8.34. The highest BCUT2D eigenvalue weighted by Gasteiger charge is 2.19. The van der Waals surface area contributed by atoms with Crippen molar-refractivity contribution in [3.05, 3.63) is 24.4 Å². The summed E-state index contributed by atoms with van der Waals surface area (Å²) in [5.41, 5.74) is 1.16. The third kappa shape index (κ3) is 6.46. The number of allylic oxidation sites excluding steroid dienone is 3. The summed E-state index contributed by atoms with van der Waals surface area (Å²) in [4.78, 5) is 34.5. The minimum Gasteiger partial charge on any atom is -0.371 e. The maximum absolute atomic E-state index is 11.2. The van der Waals surface area contributed by atoms with Gasteiger partial charge in [-0.1, -0.05) is 6.58 Å². The SMILES string of the molecule is C=CC(=O)CCN=C(NC=O)N1CCN(/C(C)=C/C=NC)CC1. The van der Waals surface area contributed by atoms with Gasteiger partial charge in [0, 0.05) is 58.1 Å². The first-order chi connectivity index (χ1) is 11.1. The molecule has 7 nitrogen and oxygen atoms in total. The number of hydrogen-bond donors (Lipinski definition) is 1. The zero-order valence-corrected chi connectivity index (χ0v) is 13.9. The van der Waals surface area contributed by atoms with E-state index in [4.69, 9.17) is 0 Å². The van der Waals surface area contributed by atoms with Gasteiger partial charge >= 0.3 is 0 Å². The number of ketones is 1. The Morgan fingerprint density at radius 1 is 1.26 bits per heavy atom. The van der Waals surface area contributed by atoms with Gasteiger partial charge in [0.2, 0.25) is 12.4 Å². The molecule has 1 N–H and O–H groups in total. The largest absolute Gasteiger partial charge is 0.371 e. The Balaban J connectivity index is 2.59. The Morgan fingerprint density at radius 3 is 2.48 bits per heavy atom. The van der Waals surface area contributed by atoms with Gasteiger partial charge < -0.3 is 9.80 Å². The van der Waals surface area contributed by atoms with Crippen LogP contribution in [-0.2, 0) is 9.59 Å². The molecular formula is C16H25N5O2. The minimum absolute atomic E-state index is 0.0534. The van der Waals surface area contributed by atoms with E-state index in [1.165, 1.54) is 6.08 Å². The van der Waals surface area contributed by atoms with Gasteiger partial charge in [-0.25, -0.2) is 0 Å². The van der Waals surface area contributed by atoms with Crippen molar-refractivity contribution in [1.82, 2.24) is 15.1 Å². The van der Waals surface area contributed by atoms with Gasteiger partial charge in [-0.05, 0) is 19.1 Å². The highest BCUT2D eigenvalue weighted by molar-refractivity contribution is 5.90. The molecule has 0 radical (unpaired) electrons. The second-order valence-corrected chi connectivity index (χ2v) is 5.08. The molecule has 0 aliphatic carbocycles. The summed E-state index contributed by atoms with van der Waals surface area (Å²) >= 11 is 0. The Morgan fingerprint density at radius 2 is 1.91 bits per heavy atom. The van der Waals surface area contributed by atoms with Crippen molar-refractivity contribution in [2.24, 2.45) is 9.98 Å². The summed E-state index contributed by atoms with van der Waals surface area (Å²) in [6.07, 6.45) is 5.96. The van der Waals surface area contributed by atoms with E-state index >= 15 is 0 Å². The van der Waals surface area contributed by atoms with Crippen LogP contribution in [-0.4, -0.2) is 73.9 Å². The lowest BCUT2D eigenvalue weighted by molar-refractivity contribution is -0.114. The molecule has 1 fully saturated rings. The van der Waals surface area contributed by atoms with E-state index in [-0.39, 0.29) is 5.78 Å².